The maximum atomic E-state index is 2.45. The van der Waals surface area contributed by atoms with Gasteiger partial charge in [0.2, 0.25) is 0 Å². The van der Waals surface area contributed by atoms with Gasteiger partial charge in [0.25, 0.3) is 0 Å². The summed E-state index contributed by atoms with van der Waals surface area (Å²) in [5.41, 5.74) is 2.92. The monoisotopic (exact) mass is 221 g/mol. The molecule has 0 saturated heterocycles. The maximum Gasteiger partial charge on any atom is 0.0323 e. The number of rotatable bonds is 4. The molecule has 84 valence electrons. The van der Waals surface area contributed by atoms with Crippen LogP contribution in [0.25, 0.3) is 0 Å². The number of hydrogen-bond donors (Lipinski definition) is 0. The third kappa shape index (κ3) is 2.45. The summed E-state index contributed by atoms with van der Waals surface area (Å²) in [7, 11) is 1.45. The number of hydrogen-bond acceptors (Lipinski definition) is 0. The molecule has 0 aliphatic carbocycles. The van der Waals surface area contributed by atoms with Gasteiger partial charge in [0.1, 0.15) is 0 Å². The van der Waals surface area contributed by atoms with Gasteiger partial charge in [-0.15, -0.1) is 8.19 Å². The normalized spacial score (nSPS) is 12.3. The van der Waals surface area contributed by atoms with Crippen molar-refractivity contribution in [3.63, 3.8) is 0 Å². The van der Waals surface area contributed by atoms with Crippen molar-refractivity contribution in [2.45, 2.75) is 53.6 Å². The van der Waals surface area contributed by atoms with E-state index in [4.69, 9.17) is 0 Å². The van der Waals surface area contributed by atoms with Crippen LogP contribution < -0.4 is 5.19 Å². The molecule has 0 aliphatic heterocycles. The van der Waals surface area contributed by atoms with Gasteiger partial charge in [-0.3, -0.25) is 0 Å². The highest BCUT2D eigenvalue weighted by molar-refractivity contribution is 7.40. The topological polar surface area (TPSA) is 0 Å². The molecule has 1 heterocycles. The predicted molar refractivity (Wildman–Crippen MR) is 75.3 cm³/mol. The zero-order valence-corrected chi connectivity index (χ0v) is 11.7. The first-order valence-corrected chi connectivity index (χ1v) is 7.20. The van der Waals surface area contributed by atoms with Gasteiger partial charge in [-0.1, -0.05) is 32.4 Å². The molecular formula is C13H23BP-. The second-order valence-corrected chi connectivity index (χ2v) is 5.93. The van der Waals surface area contributed by atoms with E-state index in [1.807, 2.05) is 0 Å². The quantitative estimate of drug-likeness (QED) is 0.652. The second kappa shape index (κ2) is 5.17. The van der Waals surface area contributed by atoms with Gasteiger partial charge in [0.15, 0.2) is 0 Å². The van der Waals surface area contributed by atoms with Gasteiger partial charge in [-0.05, 0) is 25.2 Å². The third-order valence-corrected chi connectivity index (χ3v) is 5.86. The fraction of sp³-hybridized carbons (Fsp3) is 0.615. The van der Waals surface area contributed by atoms with E-state index in [0.29, 0.717) is 0 Å². The minimum absolute atomic E-state index is 0.253. The van der Waals surface area contributed by atoms with Gasteiger partial charge in [-0.25, -0.2) is 0 Å². The Morgan fingerprint density at radius 1 is 1.00 bits per heavy atom. The SMILES string of the molecule is CC[B-](CC)(CC)c1cc(C)c(C)cp1. The second-order valence-electron chi connectivity index (χ2n) is 4.90. The predicted octanol–water partition coefficient (Wildman–Crippen LogP) is 4.60. The van der Waals surface area contributed by atoms with Crippen molar-refractivity contribution < 1.29 is 0 Å². The summed E-state index contributed by atoms with van der Waals surface area (Å²) in [6.45, 7) is 11.5. The molecule has 0 fully saturated rings. The van der Waals surface area contributed by atoms with Crippen molar-refractivity contribution in [1.29, 1.82) is 0 Å². The van der Waals surface area contributed by atoms with Crippen molar-refractivity contribution in [3.8, 4) is 0 Å². The van der Waals surface area contributed by atoms with E-state index in [1.54, 1.807) is 5.19 Å². The molecule has 0 aliphatic rings. The molecular weight excluding hydrogens is 198 g/mol. The van der Waals surface area contributed by atoms with E-state index in [0.717, 1.165) is 0 Å². The Morgan fingerprint density at radius 2 is 1.53 bits per heavy atom. The van der Waals surface area contributed by atoms with Crippen LogP contribution in [0.4, 0.5) is 0 Å². The standard InChI is InChI=1S/C13H23BP/c1-6-14(7-2,8-3)13-9-11(4)12(5)10-15-13/h9-10H,6-8H2,1-5H3/q-1. The zero-order valence-electron chi connectivity index (χ0n) is 10.8. The van der Waals surface area contributed by atoms with Crippen LogP contribution in [0.3, 0.4) is 0 Å². The van der Waals surface area contributed by atoms with E-state index >= 15 is 0 Å². The molecule has 0 N–H and O–H groups in total. The molecule has 0 saturated carbocycles. The molecule has 1 aromatic rings. The van der Waals surface area contributed by atoms with Crippen LogP contribution in [0.1, 0.15) is 31.9 Å². The summed E-state index contributed by atoms with van der Waals surface area (Å²) in [5, 5.41) is 1.69. The van der Waals surface area contributed by atoms with Gasteiger partial charge in [0.05, 0.1) is 0 Å². The van der Waals surface area contributed by atoms with E-state index in [2.05, 4.69) is 46.5 Å². The minimum atomic E-state index is -0.253. The van der Waals surface area contributed by atoms with E-state index in [-0.39, 0.29) is 6.15 Å². The largest absolute Gasteiger partial charge is 0.182 e. The lowest BCUT2D eigenvalue weighted by Crippen LogP contribution is -2.44. The van der Waals surface area contributed by atoms with Crippen LogP contribution in [0.2, 0.25) is 19.0 Å². The van der Waals surface area contributed by atoms with Crippen LogP contribution in [0, 0.1) is 13.8 Å². The Morgan fingerprint density at radius 3 is 1.93 bits per heavy atom. The van der Waals surface area contributed by atoms with Crippen molar-refractivity contribution in [3.05, 3.63) is 23.0 Å². The summed E-state index contributed by atoms with van der Waals surface area (Å²) < 4.78 is 0. The lowest BCUT2D eigenvalue weighted by molar-refractivity contribution is 1.20. The first-order valence-electron chi connectivity index (χ1n) is 6.23. The molecule has 0 radical (unpaired) electrons. The average Bonchev–Trinajstić information content (AvgIpc) is 2.26. The zero-order chi connectivity index (χ0) is 11.5. The molecule has 0 aromatic carbocycles. The molecule has 0 bridgehead atoms. The van der Waals surface area contributed by atoms with Crippen LogP contribution in [-0.2, 0) is 0 Å². The van der Waals surface area contributed by atoms with Crippen LogP contribution >= 0.6 is 8.19 Å². The summed E-state index contributed by atoms with van der Waals surface area (Å²) in [6.07, 6.45) is 3.72. The molecule has 0 atom stereocenters. The Balaban J connectivity index is 3.17. The Labute approximate surface area is 96.5 Å². The maximum absolute atomic E-state index is 2.45. The molecule has 15 heavy (non-hydrogen) atoms. The highest BCUT2D eigenvalue weighted by atomic mass is 31.0. The van der Waals surface area contributed by atoms with Gasteiger partial charge in [0, 0.05) is 6.15 Å². The first-order chi connectivity index (χ1) is 7.09. The highest BCUT2D eigenvalue weighted by Gasteiger charge is 2.20. The van der Waals surface area contributed by atoms with Crippen LogP contribution in [0.5, 0.6) is 0 Å². The Bertz CT molecular complexity index is 321. The Hall–Kier alpha value is -0.285. The highest BCUT2D eigenvalue weighted by Crippen LogP contribution is 2.25. The third-order valence-electron chi connectivity index (χ3n) is 4.37. The van der Waals surface area contributed by atoms with Crippen molar-refractivity contribution in [2.24, 2.45) is 0 Å². The molecule has 1 aromatic heterocycles. The lowest BCUT2D eigenvalue weighted by Gasteiger charge is -2.37. The molecule has 0 amide bonds. The number of aryl methyl sites for hydroxylation is 2. The summed E-state index contributed by atoms with van der Waals surface area (Å²) >= 11 is 0. The van der Waals surface area contributed by atoms with Crippen molar-refractivity contribution in [1.82, 2.24) is 0 Å². The van der Waals surface area contributed by atoms with Gasteiger partial charge < -0.3 is 0 Å². The van der Waals surface area contributed by atoms with Gasteiger partial charge in [-0.2, -0.15) is 24.2 Å². The van der Waals surface area contributed by atoms with E-state index < -0.39 is 0 Å². The summed E-state index contributed by atoms with van der Waals surface area (Å²) in [6, 6.07) is 2.45. The van der Waals surface area contributed by atoms with Gasteiger partial charge >= 0.3 is 0 Å². The van der Waals surface area contributed by atoms with Crippen molar-refractivity contribution in [2.75, 3.05) is 0 Å². The minimum Gasteiger partial charge on any atom is -0.182 e. The summed E-state index contributed by atoms with van der Waals surface area (Å²) in [5.74, 6) is 2.38. The molecule has 1 rings (SSSR count). The molecule has 0 nitrogen and oxygen atoms in total. The van der Waals surface area contributed by atoms with Crippen molar-refractivity contribution >= 4 is 19.5 Å². The van der Waals surface area contributed by atoms with Crippen LogP contribution in [0.15, 0.2) is 11.9 Å². The smallest absolute Gasteiger partial charge is 0.0323 e. The first kappa shape index (κ1) is 12.8. The fourth-order valence-corrected chi connectivity index (χ4v) is 4.15. The molecule has 0 spiro atoms. The fourth-order valence-electron chi connectivity index (χ4n) is 2.47. The molecule has 0 unspecified atom stereocenters. The average molecular weight is 221 g/mol. The molecule has 2 heteroatoms. The van der Waals surface area contributed by atoms with E-state index in [9.17, 15) is 0 Å². The lowest BCUT2D eigenvalue weighted by atomic mass is 9.20. The summed E-state index contributed by atoms with van der Waals surface area (Å²) in [4.78, 5) is 0. The Kier molecular flexibility index (Phi) is 4.40. The van der Waals surface area contributed by atoms with E-state index in [1.165, 1.54) is 38.3 Å². The van der Waals surface area contributed by atoms with Crippen LogP contribution in [-0.4, -0.2) is 6.15 Å².